The Labute approximate surface area is 330 Å². The van der Waals surface area contributed by atoms with E-state index in [-0.39, 0.29) is 5.97 Å². The highest BCUT2D eigenvalue weighted by Gasteiger charge is 2.27. The first-order valence-corrected chi connectivity index (χ1v) is 19.1. The maximum absolute atomic E-state index is 11.5. The van der Waals surface area contributed by atoms with Crippen molar-refractivity contribution in [2.45, 2.75) is 13.8 Å². The van der Waals surface area contributed by atoms with E-state index in [1.165, 1.54) is 12.5 Å². The SMILES string of the molecule is COc1ccc(N(c2ccc(OC)cc2)c2ccc(-c3sc(-c4ccc(N(c5ccc(C)cc5)c5ccc(OC(C)=O)cc5)cc4)c4c3OCCO4)cc2)cc1. The van der Waals surface area contributed by atoms with Crippen molar-refractivity contribution in [1.29, 1.82) is 0 Å². The second-order valence-corrected chi connectivity index (χ2v) is 14.2. The number of carbonyl (C=O) groups is 1. The fraction of sp³-hybridized carbons (Fsp3) is 0.128. The molecule has 0 aliphatic carbocycles. The zero-order valence-corrected chi connectivity index (χ0v) is 32.3. The van der Waals surface area contributed by atoms with Crippen LogP contribution in [-0.4, -0.2) is 33.4 Å². The Morgan fingerprint density at radius 2 is 0.821 bits per heavy atom. The van der Waals surface area contributed by atoms with Crippen LogP contribution >= 0.6 is 11.3 Å². The molecular weight excluding hydrogens is 721 g/mol. The molecule has 0 saturated carbocycles. The number of anilines is 6. The molecule has 1 aliphatic rings. The molecular formula is C47H40N2O6S. The van der Waals surface area contributed by atoms with Gasteiger partial charge in [-0.15, -0.1) is 11.3 Å². The van der Waals surface area contributed by atoms with Gasteiger partial charge < -0.3 is 33.5 Å². The van der Waals surface area contributed by atoms with Crippen LogP contribution < -0.4 is 33.5 Å². The quantitative estimate of drug-likeness (QED) is 0.0953. The predicted octanol–water partition coefficient (Wildman–Crippen LogP) is 12.0. The first-order valence-electron chi connectivity index (χ1n) is 18.3. The number of esters is 1. The van der Waals surface area contributed by atoms with E-state index in [1.54, 1.807) is 25.6 Å². The number of rotatable bonds is 11. The molecule has 6 aromatic carbocycles. The summed E-state index contributed by atoms with van der Waals surface area (Å²) >= 11 is 1.67. The monoisotopic (exact) mass is 760 g/mol. The van der Waals surface area contributed by atoms with Crippen molar-refractivity contribution >= 4 is 51.4 Å². The van der Waals surface area contributed by atoms with E-state index < -0.39 is 0 Å². The molecule has 0 bridgehead atoms. The molecule has 56 heavy (non-hydrogen) atoms. The van der Waals surface area contributed by atoms with Crippen molar-refractivity contribution in [3.8, 4) is 49.6 Å². The molecule has 8 rings (SSSR count). The number of thiophene rings is 1. The van der Waals surface area contributed by atoms with Crippen molar-refractivity contribution in [3.05, 3.63) is 151 Å². The van der Waals surface area contributed by atoms with E-state index >= 15 is 0 Å². The van der Waals surface area contributed by atoms with Gasteiger partial charge in [0.1, 0.15) is 30.5 Å². The van der Waals surface area contributed by atoms with Crippen LogP contribution in [0.5, 0.6) is 28.7 Å². The van der Waals surface area contributed by atoms with Crippen LogP contribution in [0.1, 0.15) is 12.5 Å². The molecule has 0 fully saturated rings. The third kappa shape index (κ3) is 7.49. The Morgan fingerprint density at radius 1 is 0.500 bits per heavy atom. The minimum atomic E-state index is -0.352. The Balaban J connectivity index is 1.12. The number of hydrogen-bond donors (Lipinski definition) is 0. The fourth-order valence-electron chi connectivity index (χ4n) is 6.73. The number of carbonyl (C=O) groups excluding carboxylic acids is 1. The highest BCUT2D eigenvalue weighted by Crippen LogP contribution is 2.54. The lowest BCUT2D eigenvalue weighted by molar-refractivity contribution is -0.131. The van der Waals surface area contributed by atoms with E-state index in [2.05, 4.69) is 114 Å². The fourth-order valence-corrected chi connectivity index (χ4v) is 7.94. The molecule has 0 amide bonds. The summed E-state index contributed by atoms with van der Waals surface area (Å²) in [6, 6.07) is 49.0. The largest absolute Gasteiger partial charge is 0.497 e. The number of benzene rings is 6. The smallest absolute Gasteiger partial charge is 0.308 e. The molecule has 1 aromatic heterocycles. The van der Waals surface area contributed by atoms with Crippen LogP contribution in [-0.2, 0) is 4.79 Å². The Morgan fingerprint density at radius 3 is 1.16 bits per heavy atom. The summed E-state index contributed by atoms with van der Waals surface area (Å²) in [5.41, 5.74) is 9.17. The van der Waals surface area contributed by atoms with Gasteiger partial charge in [0.15, 0.2) is 11.5 Å². The summed E-state index contributed by atoms with van der Waals surface area (Å²) in [4.78, 5) is 17.9. The van der Waals surface area contributed by atoms with E-state index in [9.17, 15) is 4.79 Å². The summed E-state index contributed by atoms with van der Waals surface area (Å²) in [6.07, 6.45) is 0. The van der Waals surface area contributed by atoms with Gasteiger partial charge >= 0.3 is 5.97 Å². The lowest BCUT2D eigenvalue weighted by Crippen LogP contribution is -2.14. The molecule has 0 radical (unpaired) electrons. The van der Waals surface area contributed by atoms with Gasteiger partial charge in [0, 0.05) is 41.0 Å². The second-order valence-electron chi connectivity index (χ2n) is 13.2. The maximum Gasteiger partial charge on any atom is 0.308 e. The number of methoxy groups -OCH3 is 2. The molecule has 0 saturated heterocycles. The molecule has 0 atom stereocenters. The average molecular weight is 761 g/mol. The molecule has 0 spiro atoms. The topological polar surface area (TPSA) is 69.7 Å². The number of ether oxygens (including phenoxy) is 5. The third-order valence-corrected chi connectivity index (χ3v) is 10.7. The molecule has 8 nitrogen and oxygen atoms in total. The van der Waals surface area contributed by atoms with E-state index in [0.717, 1.165) is 78.0 Å². The first-order chi connectivity index (χ1) is 27.4. The van der Waals surface area contributed by atoms with Gasteiger partial charge in [0.2, 0.25) is 0 Å². The lowest BCUT2D eigenvalue weighted by Gasteiger charge is -2.26. The Hall–Kier alpha value is -6.71. The normalized spacial score (nSPS) is 11.8. The van der Waals surface area contributed by atoms with Gasteiger partial charge in [-0.25, -0.2) is 0 Å². The summed E-state index contributed by atoms with van der Waals surface area (Å²) < 4.78 is 28.8. The standard InChI is InChI=1S/C47H40N2O6S/c1-31-5-11-35(12-6-31)48(40-21-27-43(28-22-40)55-32(2)50)36-13-7-33(8-14-36)46-44-45(54-30-29-53-44)47(56-46)34-9-15-37(16-10-34)49(38-17-23-41(51-3)24-18-38)39-19-25-42(52-4)26-20-39/h5-28H,29-30H2,1-4H3. The zero-order valence-electron chi connectivity index (χ0n) is 31.5. The molecule has 7 aromatic rings. The molecule has 280 valence electrons. The van der Waals surface area contributed by atoms with E-state index in [4.69, 9.17) is 23.7 Å². The van der Waals surface area contributed by atoms with Crippen molar-refractivity contribution in [2.24, 2.45) is 0 Å². The Kier molecular flexibility index (Phi) is 10.3. The van der Waals surface area contributed by atoms with Crippen LogP contribution in [0.25, 0.3) is 20.9 Å². The summed E-state index contributed by atoms with van der Waals surface area (Å²) in [7, 11) is 3.34. The van der Waals surface area contributed by atoms with Gasteiger partial charge in [-0.3, -0.25) is 4.79 Å². The first kappa shape index (κ1) is 36.3. The predicted molar refractivity (Wildman–Crippen MR) is 225 cm³/mol. The van der Waals surface area contributed by atoms with Crippen LogP contribution in [0, 0.1) is 6.92 Å². The molecule has 2 heterocycles. The van der Waals surface area contributed by atoms with Crippen molar-refractivity contribution in [2.75, 3.05) is 37.2 Å². The van der Waals surface area contributed by atoms with Crippen molar-refractivity contribution < 1.29 is 28.5 Å². The molecule has 0 N–H and O–H groups in total. The summed E-state index contributed by atoms with van der Waals surface area (Å²) in [6.45, 7) is 4.44. The van der Waals surface area contributed by atoms with Crippen molar-refractivity contribution in [1.82, 2.24) is 0 Å². The maximum atomic E-state index is 11.5. The number of nitrogens with zero attached hydrogens (tertiary/aromatic N) is 2. The van der Waals surface area contributed by atoms with Crippen LogP contribution in [0.3, 0.4) is 0 Å². The second kappa shape index (κ2) is 15.9. The average Bonchev–Trinajstić information content (AvgIpc) is 3.63. The number of fused-ring (bicyclic) bond motifs is 1. The highest BCUT2D eigenvalue weighted by molar-refractivity contribution is 7.19. The van der Waals surface area contributed by atoms with E-state index in [0.29, 0.717) is 19.0 Å². The minimum Gasteiger partial charge on any atom is -0.497 e. The van der Waals surface area contributed by atoms with Crippen LogP contribution in [0.2, 0.25) is 0 Å². The van der Waals surface area contributed by atoms with Gasteiger partial charge in [0.25, 0.3) is 0 Å². The Bertz CT molecular complexity index is 2380. The van der Waals surface area contributed by atoms with Gasteiger partial charge in [0.05, 0.1) is 24.0 Å². The summed E-state index contributed by atoms with van der Waals surface area (Å²) in [5, 5.41) is 0. The highest BCUT2D eigenvalue weighted by atomic mass is 32.1. The lowest BCUT2D eigenvalue weighted by atomic mass is 10.1. The van der Waals surface area contributed by atoms with Gasteiger partial charge in [-0.05, 0) is 127 Å². The van der Waals surface area contributed by atoms with Crippen LogP contribution in [0.4, 0.5) is 34.1 Å². The minimum absolute atomic E-state index is 0.352. The van der Waals surface area contributed by atoms with Crippen molar-refractivity contribution in [3.63, 3.8) is 0 Å². The molecule has 9 heteroatoms. The van der Waals surface area contributed by atoms with Crippen LogP contribution in [0.15, 0.2) is 146 Å². The van der Waals surface area contributed by atoms with Gasteiger partial charge in [-0.1, -0.05) is 42.0 Å². The molecule has 1 aliphatic heterocycles. The van der Waals surface area contributed by atoms with E-state index in [1.807, 2.05) is 48.5 Å². The summed E-state index contributed by atoms with van der Waals surface area (Å²) in [5.74, 6) is 3.28. The van der Waals surface area contributed by atoms with Gasteiger partial charge in [-0.2, -0.15) is 0 Å². The molecule has 0 unspecified atom stereocenters. The number of hydrogen-bond acceptors (Lipinski definition) is 9. The zero-order chi connectivity index (χ0) is 38.6. The number of aryl methyl sites for hydroxylation is 1. The third-order valence-electron chi connectivity index (χ3n) is 9.48.